The van der Waals surface area contributed by atoms with E-state index in [2.05, 4.69) is 112 Å². The number of pyridine rings is 6. The molecule has 0 spiro atoms. The van der Waals surface area contributed by atoms with Crippen LogP contribution < -0.4 is 49.6 Å². The number of carbonyl (C=O) groups is 3. The first-order valence-corrected chi connectivity index (χ1v) is 55.1. The summed E-state index contributed by atoms with van der Waals surface area (Å²) in [6.45, 7) is 18.8. The number of hydrogen-bond acceptors (Lipinski definition) is 25. The van der Waals surface area contributed by atoms with Gasteiger partial charge in [-0.2, -0.15) is 0 Å². The number of rotatable bonds is 38. The number of unbranched alkanes of at least 4 members (excludes halogenated alkanes) is 2. The molecule has 0 radical (unpaired) electrons. The van der Waals surface area contributed by atoms with Crippen molar-refractivity contribution in [1.82, 2.24) is 68.7 Å². The highest BCUT2D eigenvalue weighted by molar-refractivity contribution is 7.90. The van der Waals surface area contributed by atoms with Gasteiger partial charge in [-0.3, -0.25) is 9.59 Å². The number of aromatic nitrogens is 12. The number of primary sulfonamides is 1. The number of ether oxygens (including phenoxy) is 3. The van der Waals surface area contributed by atoms with Crippen molar-refractivity contribution >= 4 is 94.3 Å². The molecule has 744 valence electrons. The molecule has 4 bridgehead atoms. The Morgan fingerprint density at radius 3 is 1.41 bits per heavy atom. The second-order valence-electron chi connectivity index (χ2n) is 41.9. The van der Waals surface area contributed by atoms with E-state index in [0.29, 0.717) is 94.9 Å². The van der Waals surface area contributed by atoms with E-state index in [1.54, 1.807) is 71.7 Å². The van der Waals surface area contributed by atoms with E-state index in [4.69, 9.17) is 52.6 Å². The highest BCUT2D eigenvalue weighted by Crippen LogP contribution is 2.54. The molecule has 32 nitrogen and oxygen atoms in total. The van der Waals surface area contributed by atoms with Gasteiger partial charge in [-0.15, -0.1) is 15.3 Å². The molecular weight excluding hydrogens is 1850 g/mol. The number of carboxylic acids is 1. The average molecular weight is 1990 g/mol. The minimum atomic E-state index is -4.18. The van der Waals surface area contributed by atoms with Crippen LogP contribution in [0, 0.1) is 81.8 Å². The Morgan fingerprint density at radius 2 is 0.993 bits per heavy atom. The highest BCUT2D eigenvalue weighted by atomic mass is 35.5. The van der Waals surface area contributed by atoms with Crippen molar-refractivity contribution in [2.45, 2.75) is 261 Å². The number of nitrogens with zero attached hydrogens (tertiary/aromatic N) is 13. The van der Waals surface area contributed by atoms with Crippen LogP contribution in [0.1, 0.15) is 272 Å². The summed E-state index contributed by atoms with van der Waals surface area (Å²) in [6.07, 6.45) is 47.8. The molecule has 138 heavy (non-hydrogen) atoms. The van der Waals surface area contributed by atoms with Crippen molar-refractivity contribution in [1.29, 1.82) is 0 Å². The number of nitrogens with one attached hydrogen (secondary N) is 5. The molecule has 9 fully saturated rings. The predicted octanol–water partition coefficient (Wildman–Crippen LogP) is 19.2. The van der Waals surface area contributed by atoms with Crippen molar-refractivity contribution in [2.75, 3.05) is 66.8 Å². The molecule has 37 heteroatoms. The number of halogens is 2. The Balaban J connectivity index is 0.000000139. The number of carbonyl (C=O) groups excluding carboxylic acids is 2. The van der Waals surface area contributed by atoms with Crippen LogP contribution in [0.5, 0.6) is 17.6 Å². The van der Waals surface area contributed by atoms with E-state index >= 15 is 0 Å². The lowest BCUT2D eigenvalue weighted by molar-refractivity contribution is 0.0695. The van der Waals surface area contributed by atoms with Crippen molar-refractivity contribution in [2.24, 2.45) is 87.0 Å². The zero-order valence-electron chi connectivity index (χ0n) is 80.1. The maximum absolute atomic E-state index is 13.7. The molecule has 3 atom stereocenters. The summed E-state index contributed by atoms with van der Waals surface area (Å²) in [5.74, 6) is 12.4. The van der Waals surface area contributed by atoms with Crippen LogP contribution in [0.2, 0.25) is 10.3 Å². The highest BCUT2D eigenvalue weighted by Gasteiger charge is 2.45. The van der Waals surface area contributed by atoms with Crippen LogP contribution in [0.25, 0.3) is 17.5 Å². The molecule has 9 aromatic heterocycles. The molecule has 2 amide bonds. The first-order valence-electron chi connectivity index (χ1n) is 49.8. The fourth-order valence-corrected chi connectivity index (χ4v) is 23.6. The van der Waals surface area contributed by atoms with Gasteiger partial charge in [0.15, 0.2) is 17.5 Å². The topological polar surface area (TPSA) is 422 Å². The standard InChI is InChI=1S/C34H45ClN6O4S.C33H43N7O4S.C18H20ClN3O3.C16H27N3O2S/c1-34(2)17-14-23(21-34)5-3-4-18-36-29-12-10-26(22-37-29)46(43,44)40-33(42)28-11-13-30(38-32(28)35)41-19-15-31(39-41)45-20-16-27(24-6-7-24)25-8-9-25;1-33(2)19-22-5-3-4-16-34-28-12-10-25(20-35-28)45(42,43)38-32(41)27-11-13-29(36-31(27)39(33)21-22)40-17-14-30(37-40)44-18-15-26(23-6-7-23)24-8-9-24;19-17-14(18(23)24)5-6-15(20-17)22-9-7-16(21-22)25-10-8-13(11-1-2-11)12-3-4-12;1-16(2)9-8-13(11-16)5-3-4-10-18-15-7-6-14(12-19-15)22(17,20)21/h10-13,15,19,22-25,27H,3-9,14,16-18,20-21H2,1-2H3,(H,36,37)(H,40,42);10-14,17,20,22-24,26H,3-9,15-16,18-19,21H2,1-2H3,(H,34,35)(H,38,41);5-7,9,11-13H,1-4,8,10H2,(H,23,24);6-7,12-13H,3-5,8-11H2,1-2H3,(H,18,19)(H2,17,20,21). The van der Waals surface area contributed by atoms with Crippen LogP contribution in [-0.2, 0) is 30.1 Å². The predicted molar refractivity (Wildman–Crippen MR) is 530 cm³/mol. The first-order chi connectivity index (χ1) is 66.1. The molecule has 8 saturated carbocycles. The van der Waals surface area contributed by atoms with Gasteiger partial charge in [0.25, 0.3) is 31.9 Å². The Kier molecular flexibility index (Phi) is 32.5. The maximum atomic E-state index is 13.7. The Hall–Kier alpha value is -10.1. The summed E-state index contributed by atoms with van der Waals surface area (Å²) < 4.78 is 101. The normalized spacial score (nSPS) is 20.3. The van der Waals surface area contributed by atoms with Crippen LogP contribution in [0.3, 0.4) is 0 Å². The van der Waals surface area contributed by atoms with Crippen LogP contribution >= 0.6 is 23.2 Å². The van der Waals surface area contributed by atoms with Gasteiger partial charge in [-0.25, -0.2) is 88.6 Å². The maximum Gasteiger partial charge on any atom is 0.338 e. The summed E-state index contributed by atoms with van der Waals surface area (Å²) in [5, 5.41) is 37.0. The van der Waals surface area contributed by atoms with Gasteiger partial charge in [0.2, 0.25) is 27.7 Å². The van der Waals surface area contributed by atoms with Crippen LogP contribution in [0.4, 0.5) is 23.3 Å². The fourth-order valence-electron chi connectivity index (χ4n) is 20.9. The van der Waals surface area contributed by atoms with E-state index in [0.717, 1.165) is 155 Å². The summed E-state index contributed by atoms with van der Waals surface area (Å²) in [4.78, 5) is 65.4. The van der Waals surface area contributed by atoms with Gasteiger partial charge in [0.05, 0.1) is 36.5 Å². The van der Waals surface area contributed by atoms with E-state index in [1.165, 1.54) is 193 Å². The number of amides is 2. The monoisotopic (exact) mass is 1990 g/mol. The molecule has 1 saturated heterocycles. The van der Waals surface area contributed by atoms with Gasteiger partial charge in [0.1, 0.15) is 48.3 Å². The quantitative estimate of drug-likeness (QED) is 0.0140. The molecule has 9 aromatic rings. The largest absolute Gasteiger partial charge is 0.478 e. The number of hydrogen-bond donors (Lipinski definition) is 7. The number of aromatic carboxylic acids is 1. The fraction of sp³-hybridized carbons (Fsp3) is 0.584. The van der Waals surface area contributed by atoms with Crippen molar-refractivity contribution < 1.29 is 59.0 Å². The van der Waals surface area contributed by atoms with Crippen LogP contribution in [0.15, 0.2) is 143 Å². The van der Waals surface area contributed by atoms with E-state index in [-0.39, 0.29) is 47.2 Å². The molecule has 3 unspecified atom stereocenters. The van der Waals surface area contributed by atoms with Gasteiger partial charge in [0, 0.05) is 87.1 Å². The third-order valence-corrected chi connectivity index (χ3v) is 33.2. The Morgan fingerprint density at radius 1 is 0.536 bits per heavy atom. The molecule has 20 rings (SSSR count). The summed E-state index contributed by atoms with van der Waals surface area (Å²) in [5.41, 5.74) is 0.831. The summed E-state index contributed by atoms with van der Waals surface area (Å²) in [6, 6.07) is 23.9. The number of fused-ring (bicyclic) bond motifs is 8. The van der Waals surface area contributed by atoms with Gasteiger partial charge < -0.3 is 40.2 Å². The number of anilines is 4. The van der Waals surface area contributed by atoms with Crippen LogP contribution in [-0.4, -0.2) is 159 Å². The third-order valence-electron chi connectivity index (χ3n) is 29.1. The lowest BCUT2D eigenvalue weighted by Gasteiger charge is -2.34. The van der Waals surface area contributed by atoms with E-state index < -0.39 is 47.9 Å². The van der Waals surface area contributed by atoms with E-state index in [9.17, 15) is 39.6 Å². The lowest BCUT2D eigenvalue weighted by Crippen LogP contribution is -2.41. The molecule has 0 aromatic carbocycles. The number of nitrogens with two attached hydrogens (primary N) is 1. The zero-order chi connectivity index (χ0) is 97.1. The first kappa shape index (κ1) is 101. The van der Waals surface area contributed by atoms with E-state index in [1.807, 2.05) is 12.3 Å². The SMILES string of the molecule is CC1(C)CC2CCCCNc3ccc(cn3)S(=O)(=O)NC(=O)c3ccc(-n4ccc(OCCC(C5CC5)C5CC5)n4)nc3N1C2.CC1(C)CCC(CCCCNc2ccc(S(=O)(=O)NC(=O)c3ccc(-n4ccc(OCCC(C5CC5)C5CC5)n4)nc3Cl)cn2)C1.CC1(C)CCC(CCCCNc2ccc(S(N)(=O)=O)cn2)C1.O=C(O)c1ccc(-n2ccc(OCCC(C3CC3)C3CC3)n2)nc1Cl. The zero-order valence-corrected chi connectivity index (χ0v) is 84.1. The number of sulfonamides is 3. The molecule has 8 aliphatic carbocycles. The molecule has 8 N–H and O–H groups in total. The second kappa shape index (κ2) is 44.4. The molecular formula is C101H135Cl2N19O13S3. The second-order valence-corrected chi connectivity index (χ2v) is 47.6. The molecule has 12 heterocycles. The molecule has 3 aliphatic heterocycles. The smallest absolute Gasteiger partial charge is 0.338 e. The average Bonchev–Trinajstić information content (AvgIpc) is 1.26. The number of carboxylic acid groups (broad SMARTS) is 1. The van der Waals surface area contributed by atoms with Crippen molar-refractivity contribution in [3.63, 3.8) is 0 Å². The Labute approximate surface area is 821 Å². The third kappa shape index (κ3) is 28.4. The van der Waals surface area contributed by atoms with Crippen molar-refractivity contribution in [3.05, 3.63) is 155 Å². The molecule has 11 aliphatic rings. The minimum absolute atomic E-state index is 0.0276. The minimum Gasteiger partial charge on any atom is -0.478 e. The summed E-state index contributed by atoms with van der Waals surface area (Å²) in [7, 11) is -12.0. The van der Waals surface area contributed by atoms with Gasteiger partial charge in [-0.05, 0) is 335 Å². The summed E-state index contributed by atoms with van der Waals surface area (Å²) >= 11 is 12.2. The van der Waals surface area contributed by atoms with Crippen molar-refractivity contribution in [3.8, 4) is 35.1 Å². The lowest BCUT2D eigenvalue weighted by atomic mass is 9.89. The van der Waals surface area contributed by atoms with Gasteiger partial charge in [-0.1, -0.05) is 83.0 Å². The Bertz CT molecular complexity index is 5990. The van der Waals surface area contributed by atoms with Gasteiger partial charge >= 0.3 is 5.97 Å².